The van der Waals surface area contributed by atoms with Crippen LogP contribution < -0.4 is 10.6 Å². The molecule has 2 aromatic rings. The van der Waals surface area contributed by atoms with Gasteiger partial charge in [0.1, 0.15) is 0 Å². The molecule has 2 rings (SSSR count). The molecule has 0 spiro atoms. The number of alkyl halides is 3. The minimum Gasteiger partial charge on any atom is -0.385 e. The molecule has 0 aromatic heterocycles. The van der Waals surface area contributed by atoms with Crippen molar-refractivity contribution < 1.29 is 18.0 Å². The molecule has 2 aromatic carbocycles. The maximum atomic E-state index is 12.4. The van der Waals surface area contributed by atoms with E-state index in [4.69, 9.17) is 0 Å². The number of nitrogens with one attached hydrogen (secondary N) is 2. The van der Waals surface area contributed by atoms with Crippen molar-refractivity contribution in [2.45, 2.75) is 19.1 Å². The lowest BCUT2D eigenvalue weighted by Gasteiger charge is -2.10. The topological polar surface area (TPSA) is 41.1 Å². The van der Waals surface area contributed by atoms with Gasteiger partial charge in [-0.25, -0.2) is 0 Å². The Morgan fingerprint density at radius 1 is 0.957 bits per heavy atom. The van der Waals surface area contributed by atoms with Gasteiger partial charge in [0.15, 0.2) is 0 Å². The fourth-order valence-electron chi connectivity index (χ4n) is 1.98. The highest BCUT2D eigenvalue weighted by Gasteiger charge is 2.29. The summed E-state index contributed by atoms with van der Waals surface area (Å²) < 4.78 is 37.3. The number of hydrogen-bond donors (Lipinski definition) is 2. The third-order valence-electron chi connectivity index (χ3n) is 3.23. The van der Waals surface area contributed by atoms with Gasteiger partial charge < -0.3 is 10.6 Å². The van der Waals surface area contributed by atoms with Gasteiger partial charge in [-0.3, -0.25) is 4.79 Å². The van der Waals surface area contributed by atoms with Crippen LogP contribution in [0, 0.1) is 0 Å². The average molecular weight is 322 g/mol. The second-order valence-electron chi connectivity index (χ2n) is 5.01. The summed E-state index contributed by atoms with van der Waals surface area (Å²) in [6.07, 6.45) is -4.09. The van der Waals surface area contributed by atoms with E-state index in [1.807, 2.05) is 30.3 Å². The zero-order valence-electron chi connectivity index (χ0n) is 12.4. The van der Waals surface area contributed by atoms with Crippen LogP contribution in [0.5, 0.6) is 0 Å². The molecule has 0 bridgehead atoms. The number of hydrogen-bond acceptors (Lipinski definition) is 2. The van der Waals surface area contributed by atoms with Crippen molar-refractivity contribution in [1.29, 1.82) is 0 Å². The Morgan fingerprint density at radius 2 is 1.61 bits per heavy atom. The number of anilines is 1. The summed E-state index contributed by atoms with van der Waals surface area (Å²) in [5, 5.41) is 5.71. The van der Waals surface area contributed by atoms with Gasteiger partial charge in [-0.1, -0.05) is 30.3 Å². The van der Waals surface area contributed by atoms with E-state index in [9.17, 15) is 18.0 Å². The first-order valence-corrected chi connectivity index (χ1v) is 7.17. The Hall–Kier alpha value is -2.50. The van der Waals surface area contributed by atoms with E-state index < -0.39 is 11.7 Å². The Labute approximate surface area is 132 Å². The van der Waals surface area contributed by atoms with Gasteiger partial charge in [-0.15, -0.1) is 0 Å². The number of amides is 1. The Morgan fingerprint density at radius 3 is 2.22 bits per heavy atom. The second kappa shape index (κ2) is 7.67. The van der Waals surface area contributed by atoms with Crippen LogP contribution in [-0.2, 0) is 17.5 Å². The predicted octanol–water partition coefficient (Wildman–Crippen LogP) is 3.82. The number of rotatable bonds is 6. The maximum absolute atomic E-state index is 12.4. The summed E-state index contributed by atoms with van der Waals surface area (Å²) in [7, 11) is 0. The smallest absolute Gasteiger partial charge is 0.385 e. The molecular weight excluding hydrogens is 305 g/mol. The van der Waals surface area contributed by atoms with E-state index in [-0.39, 0.29) is 12.3 Å². The fourth-order valence-corrected chi connectivity index (χ4v) is 1.98. The van der Waals surface area contributed by atoms with Crippen LogP contribution in [0.15, 0.2) is 54.6 Å². The summed E-state index contributed by atoms with van der Waals surface area (Å²) in [5.74, 6) is -0.117. The monoisotopic (exact) mass is 322 g/mol. The SMILES string of the molecule is O=C(CCNc1ccc(C(F)(F)F)cc1)NCc1ccccc1. The van der Waals surface area contributed by atoms with Crippen molar-refractivity contribution in [2.75, 3.05) is 11.9 Å². The van der Waals surface area contributed by atoms with Crippen LogP contribution >= 0.6 is 0 Å². The van der Waals surface area contributed by atoms with Gasteiger partial charge in [0, 0.05) is 25.2 Å². The van der Waals surface area contributed by atoms with Gasteiger partial charge in [-0.05, 0) is 29.8 Å². The Balaban J connectivity index is 1.71. The maximum Gasteiger partial charge on any atom is 0.416 e. The molecular formula is C17H17F3N2O. The molecule has 0 heterocycles. The summed E-state index contributed by atoms with van der Waals surface area (Å²) in [6.45, 7) is 0.811. The van der Waals surface area contributed by atoms with Gasteiger partial charge in [0.2, 0.25) is 5.91 Å². The summed E-state index contributed by atoms with van der Waals surface area (Å²) in [5.41, 5.74) is 0.870. The van der Waals surface area contributed by atoms with E-state index >= 15 is 0 Å². The van der Waals surface area contributed by atoms with E-state index in [1.165, 1.54) is 12.1 Å². The minimum atomic E-state index is -4.34. The Bertz CT molecular complexity index is 625. The van der Waals surface area contributed by atoms with E-state index in [1.54, 1.807) is 0 Å². The molecule has 0 aliphatic heterocycles. The fraction of sp³-hybridized carbons (Fsp3) is 0.235. The van der Waals surface area contributed by atoms with Crippen LogP contribution in [-0.4, -0.2) is 12.5 Å². The molecule has 0 atom stereocenters. The molecule has 0 saturated heterocycles. The normalized spacial score (nSPS) is 11.1. The molecule has 23 heavy (non-hydrogen) atoms. The van der Waals surface area contributed by atoms with Crippen molar-refractivity contribution >= 4 is 11.6 Å². The lowest BCUT2D eigenvalue weighted by atomic mass is 10.2. The van der Waals surface area contributed by atoms with Crippen molar-refractivity contribution in [3.05, 3.63) is 65.7 Å². The summed E-state index contributed by atoms with van der Waals surface area (Å²) >= 11 is 0. The summed E-state index contributed by atoms with van der Waals surface area (Å²) in [6, 6.07) is 14.3. The zero-order valence-corrected chi connectivity index (χ0v) is 12.4. The molecule has 0 aliphatic carbocycles. The standard InChI is InChI=1S/C17H17F3N2O/c18-17(19,20)14-6-8-15(9-7-14)21-11-10-16(23)22-12-13-4-2-1-3-5-13/h1-9,21H,10-12H2,(H,22,23). The van der Waals surface area contributed by atoms with Gasteiger partial charge in [0.05, 0.1) is 5.56 Å². The first kappa shape index (κ1) is 16.9. The van der Waals surface area contributed by atoms with E-state index in [0.717, 1.165) is 17.7 Å². The third-order valence-corrected chi connectivity index (χ3v) is 3.23. The van der Waals surface area contributed by atoms with Crippen LogP contribution in [0.3, 0.4) is 0 Å². The van der Waals surface area contributed by atoms with Crippen LogP contribution in [0.4, 0.5) is 18.9 Å². The number of carbonyl (C=O) groups is 1. The van der Waals surface area contributed by atoms with Gasteiger partial charge in [0.25, 0.3) is 0 Å². The molecule has 3 nitrogen and oxygen atoms in total. The molecule has 0 unspecified atom stereocenters. The minimum absolute atomic E-state index is 0.117. The highest BCUT2D eigenvalue weighted by Crippen LogP contribution is 2.29. The molecule has 0 aliphatic rings. The molecule has 0 radical (unpaired) electrons. The summed E-state index contributed by atoms with van der Waals surface area (Å²) in [4.78, 5) is 11.7. The van der Waals surface area contributed by atoms with E-state index in [0.29, 0.717) is 18.8 Å². The predicted molar refractivity (Wildman–Crippen MR) is 82.8 cm³/mol. The molecule has 0 fully saturated rings. The first-order chi connectivity index (χ1) is 10.9. The molecule has 2 N–H and O–H groups in total. The van der Waals surface area contributed by atoms with E-state index in [2.05, 4.69) is 10.6 Å². The van der Waals surface area contributed by atoms with Crippen LogP contribution in [0.2, 0.25) is 0 Å². The quantitative estimate of drug-likeness (QED) is 0.849. The average Bonchev–Trinajstić information content (AvgIpc) is 2.53. The first-order valence-electron chi connectivity index (χ1n) is 7.17. The lowest BCUT2D eigenvalue weighted by Crippen LogP contribution is -2.24. The number of benzene rings is 2. The molecule has 6 heteroatoms. The van der Waals surface area contributed by atoms with Crippen molar-refractivity contribution in [1.82, 2.24) is 5.32 Å². The highest BCUT2D eigenvalue weighted by atomic mass is 19.4. The van der Waals surface area contributed by atoms with Crippen molar-refractivity contribution in [3.8, 4) is 0 Å². The highest BCUT2D eigenvalue weighted by molar-refractivity contribution is 5.76. The Kier molecular flexibility index (Phi) is 5.62. The zero-order chi connectivity index (χ0) is 16.7. The van der Waals surface area contributed by atoms with Crippen molar-refractivity contribution in [2.24, 2.45) is 0 Å². The second-order valence-corrected chi connectivity index (χ2v) is 5.01. The molecule has 122 valence electrons. The largest absolute Gasteiger partial charge is 0.416 e. The molecule has 1 amide bonds. The molecule has 0 saturated carbocycles. The number of halogens is 3. The van der Waals surface area contributed by atoms with Gasteiger partial charge >= 0.3 is 6.18 Å². The van der Waals surface area contributed by atoms with Crippen LogP contribution in [0.1, 0.15) is 17.5 Å². The van der Waals surface area contributed by atoms with Gasteiger partial charge in [-0.2, -0.15) is 13.2 Å². The number of carbonyl (C=O) groups excluding carboxylic acids is 1. The lowest BCUT2D eigenvalue weighted by molar-refractivity contribution is -0.137. The van der Waals surface area contributed by atoms with Crippen molar-refractivity contribution in [3.63, 3.8) is 0 Å². The van der Waals surface area contributed by atoms with Crippen LogP contribution in [0.25, 0.3) is 0 Å². The third kappa shape index (κ3) is 5.65.